The van der Waals surface area contributed by atoms with Crippen molar-refractivity contribution >= 4 is 23.8 Å². The molecule has 10 heteroatoms. The summed E-state index contributed by atoms with van der Waals surface area (Å²) < 4.78 is 11.2. The van der Waals surface area contributed by atoms with Gasteiger partial charge in [0.1, 0.15) is 12.8 Å². The predicted octanol–water partition coefficient (Wildman–Crippen LogP) is 4.71. The second-order valence-corrected chi connectivity index (χ2v) is 9.15. The van der Waals surface area contributed by atoms with Crippen LogP contribution in [0.4, 0.5) is 0 Å². The number of carboxylic acid groups (broad SMARTS) is 2. The number of esters is 1. The Hall–Kier alpha value is -5.22. The first kappa shape index (κ1) is 31.3. The van der Waals surface area contributed by atoms with Crippen LogP contribution in [0.15, 0.2) is 115 Å². The van der Waals surface area contributed by atoms with Gasteiger partial charge in [-0.2, -0.15) is 0 Å². The summed E-state index contributed by atoms with van der Waals surface area (Å²) in [7, 11) is 0. The highest BCUT2D eigenvalue weighted by molar-refractivity contribution is 5.92. The Bertz CT molecular complexity index is 1340. The Labute approximate surface area is 243 Å². The van der Waals surface area contributed by atoms with Gasteiger partial charge in [-0.25, -0.2) is 14.4 Å². The molecule has 0 unspecified atom stereocenters. The lowest BCUT2D eigenvalue weighted by Gasteiger charge is -2.27. The second-order valence-electron chi connectivity index (χ2n) is 9.15. The number of amides is 1. The van der Waals surface area contributed by atoms with Crippen LogP contribution in [-0.4, -0.2) is 57.9 Å². The van der Waals surface area contributed by atoms with Gasteiger partial charge in [0.15, 0.2) is 0 Å². The van der Waals surface area contributed by atoms with E-state index in [0.29, 0.717) is 28.7 Å². The number of hydrogen-bond acceptors (Lipinski definition) is 7. The molecular weight excluding hydrogens is 540 g/mol. The molecule has 0 radical (unpaired) electrons. The molecule has 2 aliphatic heterocycles. The fourth-order valence-corrected chi connectivity index (χ4v) is 3.94. The molecule has 1 saturated heterocycles. The molecule has 0 aliphatic carbocycles. The highest BCUT2D eigenvalue weighted by atomic mass is 16.6. The van der Waals surface area contributed by atoms with Crippen molar-refractivity contribution in [1.29, 1.82) is 0 Å². The van der Waals surface area contributed by atoms with Gasteiger partial charge in [-0.05, 0) is 55.7 Å². The van der Waals surface area contributed by atoms with Crippen LogP contribution in [0.3, 0.4) is 0 Å². The first-order valence-corrected chi connectivity index (χ1v) is 13.1. The minimum atomic E-state index is -0.879. The van der Waals surface area contributed by atoms with Crippen LogP contribution in [0.1, 0.15) is 50.3 Å². The van der Waals surface area contributed by atoms with Crippen LogP contribution in [0.2, 0.25) is 0 Å². The molecule has 1 amide bonds. The summed E-state index contributed by atoms with van der Waals surface area (Å²) in [5.74, 6) is -2.53. The smallest absolute Gasteiger partial charge is 0.338 e. The standard InChI is InChI=1S/C18H20N2O4.2C7H6O2/c19-17(21)14-7-4-10-20(11-14)16-9-8-15(24-16)12-23-18(22)13-5-2-1-3-6-13;2*8-7(9)6-4-2-1-3-5-6/h1-6,10-11,15-16H,7-9,12H2,(H2,19,21);2*1-5H,(H,8,9)/t15-,16+;;/m0../s1. The average molecular weight is 573 g/mol. The highest BCUT2D eigenvalue weighted by Gasteiger charge is 2.30. The number of primary amides is 1. The molecule has 2 heterocycles. The van der Waals surface area contributed by atoms with Crippen LogP contribution in [0.25, 0.3) is 0 Å². The summed E-state index contributed by atoms with van der Waals surface area (Å²) in [6.07, 6.45) is 7.29. The van der Waals surface area contributed by atoms with Gasteiger partial charge in [-0.3, -0.25) is 4.79 Å². The zero-order valence-electron chi connectivity index (χ0n) is 22.7. The molecule has 1 fully saturated rings. The molecule has 3 aromatic rings. The van der Waals surface area contributed by atoms with E-state index >= 15 is 0 Å². The summed E-state index contributed by atoms with van der Waals surface area (Å²) in [4.78, 5) is 45.5. The van der Waals surface area contributed by atoms with E-state index in [4.69, 9.17) is 25.4 Å². The first-order chi connectivity index (χ1) is 20.2. The van der Waals surface area contributed by atoms with E-state index in [2.05, 4.69) is 0 Å². The van der Waals surface area contributed by atoms with Gasteiger partial charge in [0.05, 0.1) is 22.8 Å². The van der Waals surface area contributed by atoms with Crippen molar-refractivity contribution in [3.63, 3.8) is 0 Å². The van der Waals surface area contributed by atoms with Crippen LogP contribution in [-0.2, 0) is 14.3 Å². The SMILES string of the molecule is NC(=O)C1=CN([C@H]2CC[C@@H](COC(=O)c3ccccc3)O2)C=CC1.O=C(O)c1ccccc1.O=C(O)c1ccccc1. The predicted molar refractivity (Wildman–Crippen MR) is 154 cm³/mol. The van der Waals surface area contributed by atoms with Gasteiger partial charge in [0.2, 0.25) is 5.91 Å². The summed E-state index contributed by atoms with van der Waals surface area (Å²) in [6.45, 7) is 0.216. The number of allylic oxidation sites excluding steroid dienone is 1. The summed E-state index contributed by atoms with van der Waals surface area (Å²) >= 11 is 0. The number of carboxylic acids is 2. The van der Waals surface area contributed by atoms with E-state index in [1.165, 1.54) is 0 Å². The van der Waals surface area contributed by atoms with Gasteiger partial charge in [0, 0.05) is 18.0 Å². The molecule has 0 bridgehead atoms. The van der Waals surface area contributed by atoms with Gasteiger partial charge in [-0.1, -0.05) is 60.7 Å². The fourth-order valence-electron chi connectivity index (χ4n) is 3.94. The van der Waals surface area contributed by atoms with E-state index in [-0.39, 0.29) is 24.9 Å². The summed E-state index contributed by atoms with van der Waals surface area (Å²) in [5, 5.41) is 16.8. The van der Waals surface area contributed by atoms with Crippen molar-refractivity contribution < 1.29 is 38.9 Å². The van der Waals surface area contributed by atoms with Crippen molar-refractivity contribution in [3.05, 3.63) is 132 Å². The lowest BCUT2D eigenvalue weighted by Crippen LogP contribution is -2.30. The summed E-state index contributed by atoms with van der Waals surface area (Å²) in [6, 6.07) is 25.5. The minimum Gasteiger partial charge on any atom is -0.478 e. The average Bonchev–Trinajstić information content (AvgIpc) is 3.51. The minimum absolute atomic E-state index is 0.150. The van der Waals surface area contributed by atoms with Gasteiger partial charge in [-0.15, -0.1) is 0 Å². The van der Waals surface area contributed by atoms with E-state index in [1.54, 1.807) is 91.1 Å². The van der Waals surface area contributed by atoms with Crippen molar-refractivity contribution in [3.8, 4) is 0 Å². The number of benzene rings is 3. The number of carbonyl (C=O) groups excluding carboxylic acids is 2. The van der Waals surface area contributed by atoms with Crippen molar-refractivity contribution in [2.45, 2.75) is 31.6 Å². The summed E-state index contributed by atoms with van der Waals surface area (Å²) in [5.41, 5.74) is 7.07. The van der Waals surface area contributed by atoms with E-state index in [9.17, 15) is 19.2 Å². The van der Waals surface area contributed by atoms with E-state index in [1.807, 2.05) is 23.2 Å². The molecular formula is C32H32N2O8. The lowest BCUT2D eigenvalue weighted by atomic mass is 10.1. The maximum atomic E-state index is 11.9. The normalized spacial score (nSPS) is 17.0. The maximum absolute atomic E-state index is 11.9. The number of aromatic carboxylic acids is 2. The molecule has 5 rings (SSSR count). The Morgan fingerprint density at radius 3 is 1.74 bits per heavy atom. The molecule has 10 nitrogen and oxygen atoms in total. The molecule has 2 atom stereocenters. The molecule has 3 aromatic carbocycles. The van der Waals surface area contributed by atoms with E-state index in [0.717, 1.165) is 12.8 Å². The van der Waals surface area contributed by atoms with Crippen LogP contribution in [0.5, 0.6) is 0 Å². The Morgan fingerprint density at radius 2 is 1.29 bits per heavy atom. The van der Waals surface area contributed by atoms with E-state index < -0.39 is 17.8 Å². The van der Waals surface area contributed by atoms with Gasteiger partial charge in [0.25, 0.3) is 0 Å². The van der Waals surface area contributed by atoms with Gasteiger partial charge < -0.3 is 30.3 Å². The highest BCUT2D eigenvalue weighted by Crippen LogP contribution is 2.26. The van der Waals surface area contributed by atoms with Crippen molar-refractivity contribution in [2.75, 3.05) is 6.61 Å². The number of rotatable bonds is 7. The Morgan fingerprint density at radius 1 is 0.786 bits per heavy atom. The third-order valence-corrected chi connectivity index (χ3v) is 6.11. The Kier molecular flexibility index (Phi) is 12.0. The zero-order chi connectivity index (χ0) is 30.3. The molecule has 0 aromatic heterocycles. The number of ether oxygens (including phenoxy) is 2. The zero-order valence-corrected chi connectivity index (χ0v) is 22.7. The molecule has 2 aliphatic rings. The van der Waals surface area contributed by atoms with Crippen LogP contribution >= 0.6 is 0 Å². The monoisotopic (exact) mass is 572 g/mol. The third kappa shape index (κ3) is 10.1. The van der Waals surface area contributed by atoms with Gasteiger partial charge >= 0.3 is 17.9 Å². The number of nitrogens with zero attached hydrogens (tertiary/aromatic N) is 1. The first-order valence-electron chi connectivity index (χ1n) is 13.1. The number of carbonyl (C=O) groups is 4. The van der Waals surface area contributed by atoms with Crippen LogP contribution in [0, 0.1) is 0 Å². The Balaban J connectivity index is 0.000000219. The topological polar surface area (TPSA) is 156 Å². The number of nitrogens with two attached hydrogens (primary N) is 1. The van der Waals surface area contributed by atoms with Crippen molar-refractivity contribution in [1.82, 2.24) is 4.90 Å². The van der Waals surface area contributed by atoms with Crippen molar-refractivity contribution in [2.24, 2.45) is 5.73 Å². The van der Waals surface area contributed by atoms with Crippen LogP contribution < -0.4 is 5.73 Å². The molecule has 0 saturated carbocycles. The quantitative estimate of drug-likeness (QED) is 0.341. The second kappa shape index (κ2) is 16.1. The molecule has 4 N–H and O–H groups in total. The largest absolute Gasteiger partial charge is 0.478 e. The lowest BCUT2D eigenvalue weighted by molar-refractivity contribution is -0.114. The number of hydrogen-bond donors (Lipinski definition) is 3. The molecule has 218 valence electrons. The molecule has 0 spiro atoms. The molecule has 42 heavy (non-hydrogen) atoms. The fraction of sp³-hybridized carbons (Fsp3) is 0.188. The maximum Gasteiger partial charge on any atom is 0.338 e. The third-order valence-electron chi connectivity index (χ3n) is 6.11.